The van der Waals surface area contributed by atoms with Gasteiger partial charge in [-0.2, -0.15) is 0 Å². The first kappa shape index (κ1) is 17.4. The summed E-state index contributed by atoms with van der Waals surface area (Å²) in [4.78, 5) is 17.1. The van der Waals surface area contributed by atoms with E-state index in [0.29, 0.717) is 10.6 Å². The number of halogens is 1. The van der Waals surface area contributed by atoms with Crippen LogP contribution >= 0.6 is 11.6 Å². The molecule has 0 saturated heterocycles. The minimum Gasteiger partial charge on any atom is -0.378 e. The highest BCUT2D eigenvalue weighted by Crippen LogP contribution is 2.37. The normalized spacial score (nSPS) is 15.9. The summed E-state index contributed by atoms with van der Waals surface area (Å²) < 4.78 is 0. The van der Waals surface area contributed by atoms with Gasteiger partial charge in [0, 0.05) is 36.2 Å². The van der Waals surface area contributed by atoms with Crippen LogP contribution in [0.5, 0.6) is 0 Å². The Kier molecular flexibility index (Phi) is 4.50. The number of hydrogen-bond donors (Lipinski definition) is 1. The van der Waals surface area contributed by atoms with E-state index in [2.05, 4.69) is 34.5 Å². The van der Waals surface area contributed by atoms with Crippen molar-refractivity contribution in [3.05, 3.63) is 88.9 Å². The smallest absolute Gasteiger partial charge is 0.262 e. The van der Waals surface area contributed by atoms with Crippen LogP contribution in [0.2, 0.25) is 5.02 Å². The number of carbonyl (C=O) groups is 1. The van der Waals surface area contributed by atoms with Crippen molar-refractivity contribution in [2.75, 3.05) is 29.2 Å². The van der Waals surface area contributed by atoms with E-state index in [1.807, 2.05) is 50.5 Å². The molecular formula is C22H20ClN3O. The molecule has 1 aliphatic heterocycles. The maximum absolute atomic E-state index is 13.3. The van der Waals surface area contributed by atoms with Gasteiger partial charge in [0.25, 0.3) is 5.91 Å². The Morgan fingerprint density at radius 2 is 1.59 bits per heavy atom. The number of rotatable bonds is 3. The standard InChI is InChI=1S/C22H20ClN3O/c1-25(2)17-11-7-15(8-12-17)21-24-20-6-4-3-5-19(20)22(27)26(21)18-13-9-16(23)10-14-18/h3-14,21,24H,1-2H3. The zero-order chi connectivity index (χ0) is 19.0. The zero-order valence-electron chi connectivity index (χ0n) is 15.2. The summed E-state index contributed by atoms with van der Waals surface area (Å²) in [6, 6.07) is 23.2. The van der Waals surface area contributed by atoms with Gasteiger partial charge in [0.15, 0.2) is 0 Å². The highest BCUT2D eigenvalue weighted by molar-refractivity contribution is 6.30. The van der Waals surface area contributed by atoms with E-state index < -0.39 is 0 Å². The van der Waals surface area contributed by atoms with Crippen molar-refractivity contribution in [1.82, 2.24) is 0 Å². The second-order valence-electron chi connectivity index (χ2n) is 6.73. The molecule has 0 saturated carbocycles. The van der Waals surface area contributed by atoms with E-state index >= 15 is 0 Å². The molecule has 1 heterocycles. The van der Waals surface area contributed by atoms with Crippen molar-refractivity contribution in [2.24, 2.45) is 0 Å². The van der Waals surface area contributed by atoms with Gasteiger partial charge in [-0.15, -0.1) is 0 Å². The third-order valence-electron chi connectivity index (χ3n) is 4.76. The number of fused-ring (bicyclic) bond motifs is 1. The van der Waals surface area contributed by atoms with Crippen molar-refractivity contribution in [1.29, 1.82) is 0 Å². The SMILES string of the molecule is CN(C)c1ccc(C2Nc3ccccc3C(=O)N2c2ccc(Cl)cc2)cc1. The Morgan fingerprint density at radius 1 is 0.926 bits per heavy atom. The summed E-state index contributed by atoms with van der Waals surface area (Å²) >= 11 is 6.04. The summed E-state index contributed by atoms with van der Waals surface area (Å²) in [7, 11) is 4.02. The number of benzene rings is 3. The predicted octanol–water partition coefficient (Wildman–Crippen LogP) is 5.18. The van der Waals surface area contributed by atoms with Gasteiger partial charge in [-0.1, -0.05) is 35.9 Å². The van der Waals surface area contributed by atoms with Gasteiger partial charge in [-0.05, 0) is 54.1 Å². The Morgan fingerprint density at radius 3 is 2.26 bits per heavy atom. The summed E-state index contributed by atoms with van der Waals surface area (Å²) in [5.41, 5.74) is 4.42. The monoisotopic (exact) mass is 377 g/mol. The molecule has 0 bridgehead atoms. The predicted molar refractivity (Wildman–Crippen MR) is 112 cm³/mol. The lowest BCUT2D eigenvalue weighted by molar-refractivity contribution is 0.0975. The third kappa shape index (κ3) is 3.24. The molecule has 4 rings (SSSR count). The quantitative estimate of drug-likeness (QED) is 0.683. The van der Waals surface area contributed by atoms with Crippen molar-refractivity contribution >= 4 is 34.6 Å². The van der Waals surface area contributed by atoms with Crippen molar-refractivity contribution in [3.8, 4) is 0 Å². The van der Waals surface area contributed by atoms with Gasteiger partial charge in [0.05, 0.1) is 5.56 Å². The molecule has 3 aromatic carbocycles. The van der Waals surface area contributed by atoms with Crippen LogP contribution < -0.4 is 15.1 Å². The fourth-order valence-electron chi connectivity index (χ4n) is 3.31. The van der Waals surface area contributed by atoms with E-state index in [0.717, 1.165) is 22.6 Å². The van der Waals surface area contributed by atoms with Crippen LogP contribution in [0.25, 0.3) is 0 Å². The first-order valence-electron chi connectivity index (χ1n) is 8.76. The summed E-state index contributed by atoms with van der Waals surface area (Å²) in [5.74, 6) is -0.0339. The number of anilines is 3. The molecule has 0 aromatic heterocycles. The molecule has 5 heteroatoms. The molecule has 4 nitrogen and oxygen atoms in total. The number of nitrogens with one attached hydrogen (secondary N) is 1. The number of amides is 1. The molecular weight excluding hydrogens is 358 g/mol. The van der Waals surface area contributed by atoms with Gasteiger partial charge in [0.1, 0.15) is 6.17 Å². The largest absolute Gasteiger partial charge is 0.378 e. The topological polar surface area (TPSA) is 35.6 Å². The molecule has 0 radical (unpaired) electrons. The van der Waals surface area contributed by atoms with Crippen LogP contribution in [0.4, 0.5) is 17.1 Å². The number of hydrogen-bond acceptors (Lipinski definition) is 3. The van der Waals surface area contributed by atoms with Crippen LogP contribution in [0.3, 0.4) is 0 Å². The van der Waals surface area contributed by atoms with E-state index in [9.17, 15) is 4.79 Å². The Labute approximate surface area is 164 Å². The fraction of sp³-hybridized carbons (Fsp3) is 0.136. The molecule has 1 N–H and O–H groups in total. The second-order valence-corrected chi connectivity index (χ2v) is 7.17. The lowest BCUT2D eigenvalue weighted by Crippen LogP contribution is -2.43. The van der Waals surface area contributed by atoms with E-state index in [-0.39, 0.29) is 12.1 Å². The van der Waals surface area contributed by atoms with Gasteiger partial charge in [0.2, 0.25) is 0 Å². The lowest BCUT2D eigenvalue weighted by Gasteiger charge is -2.38. The highest BCUT2D eigenvalue weighted by Gasteiger charge is 2.33. The molecule has 0 fully saturated rings. The van der Waals surface area contributed by atoms with Crippen molar-refractivity contribution < 1.29 is 4.79 Å². The van der Waals surface area contributed by atoms with Crippen LogP contribution in [-0.2, 0) is 0 Å². The van der Waals surface area contributed by atoms with Gasteiger partial charge >= 0.3 is 0 Å². The van der Waals surface area contributed by atoms with E-state index in [1.54, 1.807) is 17.0 Å². The average Bonchev–Trinajstić information content (AvgIpc) is 2.69. The molecule has 1 atom stereocenters. The summed E-state index contributed by atoms with van der Waals surface area (Å²) in [6.45, 7) is 0. The number of nitrogens with zero attached hydrogens (tertiary/aromatic N) is 2. The molecule has 1 aliphatic rings. The van der Waals surface area contributed by atoms with Gasteiger partial charge in [-0.25, -0.2) is 0 Å². The second kappa shape index (κ2) is 6.97. The first-order valence-corrected chi connectivity index (χ1v) is 9.14. The molecule has 27 heavy (non-hydrogen) atoms. The Hall–Kier alpha value is -2.98. The minimum absolute atomic E-state index is 0.0339. The van der Waals surface area contributed by atoms with Crippen LogP contribution in [0.15, 0.2) is 72.8 Å². The number of carbonyl (C=O) groups excluding carboxylic acids is 1. The molecule has 0 aliphatic carbocycles. The first-order chi connectivity index (χ1) is 13.0. The van der Waals surface area contributed by atoms with Crippen LogP contribution in [-0.4, -0.2) is 20.0 Å². The average molecular weight is 378 g/mol. The fourth-order valence-corrected chi connectivity index (χ4v) is 3.44. The van der Waals surface area contributed by atoms with Gasteiger partial charge < -0.3 is 10.2 Å². The number of para-hydroxylation sites is 1. The van der Waals surface area contributed by atoms with E-state index in [1.165, 1.54) is 0 Å². The summed E-state index contributed by atoms with van der Waals surface area (Å²) in [6.07, 6.45) is -0.301. The Bertz CT molecular complexity index is 968. The zero-order valence-corrected chi connectivity index (χ0v) is 15.9. The Balaban J connectivity index is 1.81. The van der Waals surface area contributed by atoms with Crippen molar-refractivity contribution in [3.63, 3.8) is 0 Å². The summed E-state index contributed by atoms with van der Waals surface area (Å²) in [5, 5.41) is 4.16. The molecule has 3 aromatic rings. The van der Waals surface area contributed by atoms with Gasteiger partial charge in [-0.3, -0.25) is 9.69 Å². The maximum Gasteiger partial charge on any atom is 0.262 e. The highest BCUT2D eigenvalue weighted by atomic mass is 35.5. The van der Waals surface area contributed by atoms with Crippen LogP contribution in [0.1, 0.15) is 22.1 Å². The maximum atomic E-state index is 13.3. The van der Waals surface area contributed by atoms with E-state index in [4.69, 9.17) is 11.6 Å². The van der Waals surface area contributed by atoms with Crippen molar-refractivity contribution in [2.45, 2.75) is 6.17 Å². The lowest BCUT2D eigenvalue weighted by atomic mass is 10.0. The molecule has 1 unspecified atom stereocenters. The third-order valence-corrected chi connectivity index (χ3v) is 5.01. The molecule has 0 spiro atoms. The molecule has 1 amide bonds. The van der Waals surface area contributed by atoms with Crippen LogP contribution in [0, 0.1) is 0 Å². The minimum atomic E-state index is -0.301. The molecule has 136 valence electrons.